The second-order valence-electron chi connectivity index (χ2n) is 5.01. The molecule has 2 rings (SSSR count). The van der Waals surface area contributed by atoms with Crippen LogP contribution in [0.3, 0.4) is 0 Å². The van der Waals surface area contributed by atoms with E-state index in [0.29, 0.717) is 12.3 Å². The summed E-state index contributed by atoms with van der Waals surface area (Å²) < 4.78 is 5.07. The van der Waals surface area contributed by atoms with E-state index in [1.165, 1.54) is 0 Å². The van der Waals surface area contributed by atoms with Crippen molar-refractivity contribution in [3.8, 4) is 0 Å². The number of rotatable bonds is 6. The molecule has 0 unspecified atom stereocenters. The zero-order valence-corrected chi connectivity index (χ0v) is 12.5. The highest BCUT2D eigenvalue weighted by atomic mass is 16.5. The Morgan fingerprint density at radius 3 is 2.71 bits per heavy atom. The number of aliphatic hydroxyl groups excluding tert-OH is 1. The highest BCUT2D eigenvalue weighted by Crippen LogP contribution is 2.14. The molecule has 0 radical (unpaired) electrons. The van der Waals surface area contributed by atoms with Crippen LogP contribution in [0.5, 0.6) is 0 Å². The number of amides is 1. The van der Waals surface area contributed by atoms with Gasteiger partial charge in [0, 0.05) is 12.1 Å². The first-order chi connectivity index (χ1) is 10.0. The summed E-state index contributed by atoms with van der Waals surface area (Å²) in [6.45, 7) is 6.04. The number of aromatic nitrogens is 3. The highest BCUT2D eigenvalue weighted by Gasteiger charge is 2.19. The van der Waals surface area contributed by atoms with E-state index in [0.717, 1.165) is 22.8 Å². The predicted octanol–water partition coefficient (Wildman–Crippen LogP) is 0.887. The molecule has 21 heavy (non-hydrogen) atoms. The maximum absolute atomic E-state index is 12.4. The lowest BCUT2D eigenvalue weighted by Crippen LogP contribution is -2.34. The minimum absolute atomic E-state index is 0.0781. The molecule has 2 N–H and O–H groups in total. The zero-order chi connectivity index (χ0) is 15.4. The van der Waals surface area contributed by atoms with Gasteiger partial charge >= 0.3 is 0 Å². The number of aromatic amines is 1. The van der Waals surface area contributed by atoms with Crippen LogP contribution in [-0.2, 0) is 17.8 Å². The van der Waals surface area contributed by atoms with Crippen molar-refractivity contribution in [2.75, 3.05) is 13.2 Å². The molecule has 0 aromatic carbocycles. The molecule has 0 saturated heterocycles. The Kier molecular flexibility index (Phi) is 4.74. The third-order valence-electron chi connectivity index (χ3n) is 3.35. The molecule has 0 aliphatic carbocycles. The van der Waals surface area contributed by atoms with Gasteiger partial charge in [-0.1, -0.05) is 5.16 Å². The Bertz CT molecular complexity index is 598. The van der Waals surface area contributed by atoms with Crippen molar-refractivity contribution < 1.29 is 14.4 Å². The first kappa shape index (κ1) is 15.2. The summed E-state index contributed by atoms with van der Waals surface area (Å²) in [6.07, 6.45) is 1.91. The van der Waals surface area contributed by atoms with E-state index in [1.54, 1.807) is 18.0 Å². The topological polar surface area (TPSA) is 95.2 Å². The monoisotopic (exact) mass is 292 g/mol. The van der Waals surface area contributed by atoms with E-state index in [4.69, 9.17) is 9.63 Å². The molecule has 0 bridgehead atoms. The largest absolute Gasteiger partial charge is 0.395 e. The Morgan fingerprint density at radius 2 is 2.19 bits per heavy atom. The molecule has 2 aromatic heterocycles. The van der Waals surface area contributed by atoms with Gasteiger partial charge in [-0.2, -0.15) is 0 Å². The van der Waals surface area contributed by atoms with Gasteiger partial charge in [0.15, 0.2) is 0 Å². The Morgan fingerprint density at radius 1 is 1.43 bits per heavy atom. The number of carbonyl (C=O) groups excluding carboxylic acids is 1. The van der Waals surface area contributed by atoms with Crippen molar-refractivity contribution in [1.82, 2.24) is 20.0 Å². The van der Waals surface area contributed by atoms with Crippen LogP contribution in [0.25, 0.3) is 0 Å². The fourth-order valence-corrected chi connectivity index (χ4v) is 2.19. The lowest BCUT2D eigenvalue weighted by molar-refractivity contribution is -0.131. The summed E-state index contributed by atoms with van der Waals surface area (Å²) in [7, 11) is 0. The molecule has 0 saturated carbocycles. The van der Waals surface area contributed by atoms with Gasteiger partial charge in [0.25, 0.3) is 0 Å². The minimum atomic E-state index is -0.0829. The van der Waals surface area contributed by atoms with E-state index in [-0.39, 0.29) is 25.5 Å². The molecule has 114 valence electrons. The standard InChI is InChI=1S/C14H20N4O3/c1-9-13(10(2)21-17-9)6-14(20)18(4-5-19)8-12-7-15-11(3)16-12/h7,19H,4-6,8H2,1-3H3,(H,15,16). The number of nitrogens with zero attached hydrogens (tertiary/aromatic N) is 3. The summed E-state index contributed by atoms with van der Waals surface area (Å²) in [5, 5.41) is 13.0. The number of hydrogen-bond donors (Lipinski definition) is 2. The number of aryl methyl sites for hydroxylation is 3. The summed E-state index contributed by atoms with van der Waals surface area (Å²) in [4.78, 5) is 21.2. The van der Waals surface area contributed by atoms with Crippen LogP contribution in [0.15, 0.2) is 10.7 Å². The molecule has 7 nitrogen and oxygen atoms in total. The highest BCUT2D eigenvalue weighted by molar-refractivity contribution is 5.79. The third-order valence-corrected chi connectivity index (χ3v) is 3.35. The van der Waals surface area contributed by atoms with Gasteiger partial charge in [-0.15, -0.1) is 0 Å². The second-order valence-corrected chi connectivity index (χ2v) is 5.01. The average molecular weight is 292 g/mol. The molecule has 0 aliphatic heterocycles. The molecular formula is C14H20N4O3. The van der Waals surface area contributed by atoms with Crippen LogP contribution >= 0.6 is 0 Å². The maximum atomic E-state index is 12.4. The molecule has 2 aromatic rings. The number of H-pyrrole nitrogens is 1. The number of imidazole rings is 1. The molecule has 1 amide bonds. The molecule has 0 spiro atoms. The third kappa shape index (κ3) is 3.69. The Balaban J connectivity index is 2.08. The van der Waals surface area contributed by atoms with E-state index >= 15 is 0 Å². The molecule has 0 aliphatic rings. The van der Waals surface area contributed by atoms with Gasteiger partial charge in [-0.3, -0.25) is 4.79 Å². The smallest absolute Gasteiger partial charge is 0.227 e. The van der Waals surface area contributed by atoms with E-state index in [9.17, 15) is 4.79 Å². The van der Waals surface area contributed by atoms with Gasteiger partial charge < -0.3 is 19.5 Å². The van der Waals surface area contributed by atoms with Crippen molar-refractivity contribution in [3.05, 3.63) is 34.7 Å². The van der Waals surface area contributed by atoms with Gasteiger partial charge in [0.05, 0.1) is 37.2 Å². The molecular weight excluding hydrogens is 272 g/mol. The quantitative estimate of drug-likeness (QED) is 0.824. The SMILES string of the molecule is Cc1ncc(CN(CCO)C(=O)Cc2c(C)noc2C)[nH]1. The molecule has 0 atom stereocenters. The number of carbonyl (C=O) groups is 1. The zero-order valence-electron chi connectivity index (χ0n) is 12.5. The Labute approximate surface area is 123 Å². The number of nitrogens with one attached hydrogen (secondary N) is 1. The molecule has 0 fully saturated rings. The van der Waals surface area contributed by atoms with Gasteiger partial charge in [0.1, 0.15) is 11.6 Å². The predicted molar refractivity (Wildman–Crippen MR) is 75.5 cm³/mol. The number of aliphatic hydroxyl groups is 1. The lowest BCUT2D eigenvalue weighted by atomic mass is 10.1. The summed E-state index contributed by atoms with van der Waals surface area (Å²) in [6, 6.07) is 0. The van der Waals surface area contributed by atoms with Gasteiger partial charge in [-0.05, 0) is 20.8 Å². The summed E-state index contributed by atoms with van der Waals surface area (Å²) >= 11 is 0. The first-order valence-corrected chi connectivity index (χ1v) is 6.82. The fourth-order valence-electron chi connectivity index (χ4n) is 2.19. The summed E-state index contributed by atoms with van der Waals surface area (Å²) in [5.74, 6) is 1.38. The van der Waals surface area contributed by atoms with Crippen LogP contribution in [-0.4, -0.2) is 44.2 Å². The number of hydrogen-bond acceptors (Lipinski definition) is 5. The second kappa shape index (κ2) is 6.53. The van der Waals surface area contributed by atoms with E-state index in [2.05, 4.69) is 15.1 Å². The fraction of sp³-hybridized carbons (Fsp3) is 0.500. The van der Waals surface area contributed by atoms with Crippen molar-refractivity contribution in [1.29, 1.82) is 0 Å². The van der Waals surface area contributed by atoms with Crippen molar-refractivity contribution in [2.24, 2.45) is 0 Å². The van der Waals surface area contributed by atoms with E-state index < -0.39 is 0 Å². The van der Waals surface area contributed by atoms with Crippen LogP contribution in [0, 0.1) is 20.8 Å². The first-order valence-electron chi connectivity index (χ1n) is 6.82. The van der Waals surface area contributed by atoms with Gasteiger partial charge in [-0.25, -0.2) is 4.98 Å². The molecule has 7 heteroatoms. The van der Waals surface area contributed by atoms with Crippen molar-refractivity contribution in [2.45, 2.75) is 33.7 Å². The minimum Gasteiger partial charge on any atom is -0.395 e. The van der Waals surface area contributed by atoms with Crippen LogP contribution in [0.4, 0.5) is 0 Å². The van der Waals surface area contributed by atoms with Crippen molar-refractivity contribution in [3.63, 3.8) is 0 Å². The van der Waals surface area contributed by atoms with E-state index in [1.807, 2.05) is 13.8 Å². The lowest BCUT2D eigenvalue weighted by Gasteiger charge is -2.21. The molecule has 2 heterocycles. The van der Waals surface area contributed by atoms with Crippen LogP contribution < -0.4 is 0 Å². The van der Waals surface area contributed by atoms with Crippen LogP contribution in [0.2, 0.25) is 0 Å². The van der Waals surface area contributed by atoms with Gasteiger partial charge in [0.2, 0.25) is 5.91 Å². The van der Waals surface area contributed by atoms with Crippen LogP contribution in [0.1, 0.15) is 28.5 Å². The average Bonchev–Trinajstić information content (AvgIpc) is 2.98. The maximum Gasteiger partial charge on any atom is 0.227 e. The summed E-state index contributed by atoms with van der Waals surface area (Å²) in [5.41, 5.74) is 2.37. The Hall–Kier alpha value is -2.15. The normalized spacial score (nSPS) is 10.9. The van der Waals surface area contributed by atoms with Crippen molar-refractivity contribution >= 4 is 5.91 Å².